The third-order valence-electron chi connectivity index (χ3n) is 2.88. The molecular formula is C16H16FNO3. The van der Waals surface area contributed by atoms with Crippen LogP contribution in [0.25, 0.3) is 0 Å². The van der Waals surface area contributed by atoms with Crippen molar-refractivity contribution in [2.45, 2.75) is 13.0 Å². The molecule has 0 saturated heterocycles. The van der Waals surface area contributed by atoms with Gasteiger partial charge in [0.15, 0.2) is 6.61 Å². The normalized spacial score (nSPS) is 11.8. The van der Waals surface area contributed by atoms with E-state index in [1.807, 2.05) is 0 Å². The Labute approximate surface area is 122 Å². The van der Waals surface area contributed by atoms with E-state index < -0.39 is 17.8 Å². The van der Waals surface area contributed by atoms with Gasteiger partial charge >= 0.3 is 0 Å². The third-order valence-corrected chi connectivity index (χ3v) is 2.88. The number of aliphatic hydroxyl groups is 1. The molecule has 0 bridgehead atoms. The Balaban J connectivity index is 1.97. The number of benzene rings is 2. The van der Waals surface area contributed by atoms with Crippen LogP contribution < -0.4 is 10.1 Å². The SMILES string of the molecule is C[C@@H](O)c1ccccc1OCC(=O)Nc1ccccc1F. The second-order valence-electron chi connectivity index (χ2n) is 4.53. The van der Waals surface area contributed by atoms with Gasteiger partial charge in [-0.15, -0.1) is 0 Å². The van der Waals surface area contributed by atoms with Gasteiger partial charge in [-0.05, 0) is 25.1 Å². The Bertz CT molecular complexity index is 628. The number of ether oxygens (including phenoxy) is 1. The van der Waals surface area contributed by atoms with E-state index in [0.29, 0.717) is 11.3 Å². The summed E-state index contributed by atoms with van der Waals surface area (Å²) in [5.74, 6) is -0.549. The summed E-state index contributed by atoms with van der Waals surface area (Å²) in [6.07, 6.45) is -0.698. The van der Waals surface area contributed by atoms with Gasteiger partial charge in [0.05, 0.1) is 11.8 Å². The molecule has 110 valence electrons. The van der Waals surface area contributed by atoms with Crippen LogP contribution >= 0.6 is 0 Å². The van der Waals surface area contributed by atoms with E-state index in [1.54, 1.807) is 43.3 Å². The lowest BCUT2D eigenvalue weighted by atomic mass is 10.1. The number of aliphatic hydroxyl groups excluding tert-OH is 1. The van der Waals surface area contributed by atoms with Gasteiger partial charge in [0.25, 0.3) is 5.91 Å². The fourth-order valence-corrected chi connectivity index (χ4v) is 1.85. The predicted molar refractivity (Wildman–Crippen MR) is 77.6 cm³/mol. The average molecular weight is 289 g/mol. The van der Waals surface area contributed by atoms with Gasteiger partial charge in [0.1, 0.15) is 11.6 Å². The predicted octanol–water partition coefficient (Wildman–Crippen LogP) is 2.90. The minimum absolute atomic E-state index is 0.106. The van der Waals surface area contributed by atoms with Crippen molar-refractivity contribution < 1.29 is 19.0 Å². The summed E-state index contributed by atoms with van der Waals surface area (Å²) in [6, 6.07) is 12.8. The van der Waals surface area contributed by atoms with Crippen molar-refractivity contribution in [1.82, 2.24) is 0 Å². The maximum absolute atomic E-state index is 13.4. The van der Waals surface area contributed by atoms with Crippen molar-refractivity contribution in [2.75, 3.05) is 11.9 Å². The summed E-state index contributed by atoms with van der Waals surface area (Å²) < 4.78 is 18.8. The Kier molecular flexibility index (Phi) is 4.90. The Morgan fingerprint density at radius 3 is 2.62 bits per heavy atom. The number of carbonyl (C=O) groups is 1. The van der Waals surface area contributed by atoms with Crippen LogP contribution in [0.1, 0.15) is 18.6 Å². The second kappa shape index (κ2) is 6.85. The van der Waals surface area contributed by atoms with Crippen LogP contribution in [0.3, 0.4) is 0 Å². The molecular weight excluding hydrogens is 273 g/mol. The number of amides is 1. The van der Waals surface area contributed by atoms with Crippen LogP contribution in [0, 0.1) is 5.82 Å². The first-order valence-corrected chi connectivity index (χ1v) is 6.52. The molecule has 0 fully saturated rings. The summed E-state index contributed by atoms with van der Waals surface area (Å²) in [5.41, 5.74) is 0.700. The van der Waals surface area contributed by atoms with E-state index in [0.717, 1.165) is 0 Å². The number of hydrogen-bond acceptors (Lipinski definition) is 3. The molecule has 2 aromatic carbocycles. The highest BCUT2D eigenvalue weighted by molar-refractivity contribution is 5.91. The highest BCUT2D eigenvalue weighted by atomic mass is 19.1. The Hall–Kier alpha value is -2.40. The van der Waals surface area contributed by atoms with E-state index in [-0.39, 0.29) is 12.3 Å². The quantitative estimate of drug-likeness (QED) is 0.889. The topological polar surface area (TPSA) is 58.6 Å². The lowest BCUT2D eigenvalue weighted by Gasteiger charge is -2.13. The van der Waals surface area contributed by atoms with E-state index in [9.17, 15) is 14.3 Å². The number of carbonyl (C=O) groups excluding carboxylic acids is 1. The number of nitrogens with one attached hydrogen (secondary N) is 1. The zero-order chi connectivity index (χ0) is 15.2. The van der Waals surface area contributed by atoms with Gasteiger partial charge < -0.3 is 15.2 Å². The minimum Gasteiger partial charge on any atom is -0.483 e. The van der Waals surface area contributed by atoms with E-state index in [1.165, 1.54) is 12.1 Å². The van der Waals surface area contributed by atoms with Crippen molar-refractivity contribution in [3.05, 3.63) is 59.9 Å². The van der Waals surface area contributed by atoms with Crippen LogP contribution in [0.15, 0.2) is 48.5 Å². The molecule has 0 saturated carbocycles. The smallest absolute Gasteiger partial charge is 0.262 e. The molecule has 0 aromatic heterocycles. The Morgan fingerprint density at radius 1 is 1.24 bits per heavy atom. The molecule has 0 aliphatic rings. The van der Waals surface area contributed by atoms with E-state index in [4.69, 9.17) is 4.74 Å². The van der Waals surface area contributed by atoms with Crippen molar-refractivity contribution in [1.29, 1.82) is 0 Å². The fraction of sp³-hybridized carbons (Fsp3) is 0.188. The summed E-state index contributed by atoms with van der Waals surface area (Å²) in [4.78, 5) is 11.8. The number of hydrogen-bond donors (Lipinski definition) is 2. The average Bonchev–Trinajstić information content (AvgIpc) is 2.48. The van der Waals surface area contributed by atoms with Crippen molar-refractivity contribution in [2.24, 2.45) is 0 Å². The third kappa shape index (κ3) is 4.03. The van der Waals surface area contributed by atoms with Crippen molar-refractivity contribution in [3.8, 4) is 5.75 Å². The van der Waals surface area contributed by atoms with E-state index in [2.05, 4.69) is 5.32 Å². The molecule has 0 spiro atoms. The zero-order valence-corrected chi connectivity index (χ0v) is 11.5. The van der Waals surface area contributed by atoms with Gasteiger partial charge in [0, 0.05) is 5.56 Å². The molecule has 5 heteroatoms. The summed E-state index contributed by atoms with van der Waals surface area (Å²) >= 11 is 0. The van der Waals surface area contributed by atoms with Crippen LogP contribution in [0.5, 0.6) is 5.75 Å². The lowest BCUT2D eigenvalue weighted by molar-refractivity contribution is -0.118. The van der Waals surface area contributed by atoms with Gasteiger partial charge in [-0.2, -0.15) is 0 Å². The molecule has 21 heavy (non-hydrogen) atoms. The van der Waals surface area contributed by atoms with Crippen LogP contribution in [0.4, 0.5) is 10.1 Å². The standard InChI is InChI=1S/C16H16FNO3/c1-11(19)12-6-2-5-9-15(12)21-10-16(20)18-14-8-4-3-7-13(14)17/h2-9,11,19H,10H2,1H3,(H,18,20)/t11-/m1/s1. The van der Waals surface area contributed by atoms with Crippen LogP contribution in [-0.4, -0.2) is 17.6 Å². The molecule has 0 heterocycles. The fourth-order valence-electron chi connectivity index (χ4n) is 1.85. The zero-order valence-electron chi connectivity index (χ0n) is 11.5. The van der Waals surface area contributed by atoms with E-state index >= 15 is 0 Å². The molecule has 0 radical (unpaired) electrons. The maximum Gasteiger partial charge on any atom is 0.262 e. The first-order chi connectivity index (χ1) is 10.1. The number of anilines is 1. The van der Waals surface area contributed by atoms with Crippen molar-refractivity contribution in [3.63, 3.8) is 0 Å². The number of para-hydroxylation sites is 2. The lowest BCUT2D eigenvalue weighted by Crippen LogP contribution is -2.21. The highest BCUT2D eigenvalue weighted by Crippen LogP contribution is 2.24. The van der Waals surface area contributed by atoms with Crippen LogP contribution in [-0.2, 0) is 4.79 Å². The molecule has 0 aliphatic carbocycles. The first-order valence-electron chi connectivity index (χ1n) is 6.52. The molecule has 1 atom stereocenters. The first kappa shape index (κ1) is 15.0. The molecule has 2 rings (SSSR count). The molecule has 4 nitrogen and oxygen atoms in total. The molecule has 0 aliphatic heterocycles. The van der Waals surface area contributed by atoms with Gasteiger partial charge in [-0.3, -0.25) is 4.79 Å². The molecule has 2 aromatic rings. The van der Waals surface area contributed by atoms with Crippen LogP contribution in [0.2, 0.25) is 0 Å². The Morgan fingerprint density at radius 2 is 1.90 bits per heavy atom. The number of halogens is 1. The summed E-state index contributed by atoms with van der Waals surface area (Å²) in [5, 5.41) is 12.0. The number of rotatable bonds is 5. The van der Waals surface area contributed by atoms with Crippen molar-refractivity contribution >= 4 is 11.6 Å². The largest absolute Gasteiger partial charge is 0.483 e. The summed E-state index contributed by atoms with van der Waals surface area (Å²) in [7, 11) is 0. The molecule has 0 unspecified atom stereocenters. The summed E-state index contributed by atoms with van der Waals surface area (Å²) in [6.45, 7) is 1.35. The minimum atomic E-state index is -0.698. The monoisotopic (exact) mass is 289 g/mol. The maximum atomic E-state index is 13.4. The van der Waals surface area contributed by atoms with Gasteiger partial charge in [-0.1, -0.05) is 30.3 Å². The molecule has 1 amide bonds. The van der Waals surface area contributed by atoms with Gasteiger partial charge in [0.2, 0.25) is 0 Å². The molecule has 2 N–H and O–H groups in total. The highest BCUT2D eigenvalue weighted by Gasteiger charge is 2.11. The second-order valence-corrected chi connectivity index (χ2v) is 4.53. The van der Waals surface area contributed by atoms with Gasteiger partial charge in [-0.25, -0.2) is 4.39 Å².